The van der Waals surface area contributed by atoms with Gasteiger partial charge in [0.1, 0.15) is 5.75 Å². The van der Waals surface area contributed by atoms with Crippen molar-refractivity contribution in [2.45, 2.75) is 38.9 Å². The van der Waals surface area contributed by atoms with Gasteiger partial charge in [0.05, 0.1) is 23.8 Å². The Hall–Kier alpha value is -1.46. The molecule has 2 heterocycles. The van der Waals surface area contributed by atoms with Crippen LogP contribution < -0.4 is 10.3 Å². The van der Waals surface area contributed by atoms with E-state index in [1.807, 2.05) is 19.2 Å². The number of methoxy groups -OCH3 is 1. The molecule has 112 valence electrons. The molecule has 0 N–H and O–H groups in total. The van der Waals surface area contributed by atoms with Gasteiger partial charge in [-0.3, -0.25) is 0 Å². The van der Waals surface area contributed by atoms with Crippen LogP contribution in [0.2, 0.25) is 0 Å². The normalized spacial score (nSPS) is 20.2. The Balaban J connectivity index is 2.04. The molecular formula is C16H22BNO3. The number of benzene rings is 1. The SMILES string of the molecule is COc1ccc2cc(B3OC(C)(C)C(C)(C)O3)n(C)c2c1. The maximum Gasteiger partial charge on any atom is 0.512 e. The molecule has 0 amide bonds. The van der Waals surface area contributed by atoms with E-state index in [1.165, 1.54) is 0 Å². The number of hydrogen-bond donors (Lipinski definition) is 0. The summed E-state index contributed by atoms with van der Waals surface area (Å²) in [5.41, 5.74) is 1.48. The molecular weight excluding hydrogens is 265 g/mol. The van der Waals surface area contributed by atoms with Gasteiger partial charge in [-0.25, -0.2) is 0 Å². The van der Waals surface area contributed by atoms with Crippen molar-refractivity contribution in [3.05, 3.63) is 24.3 Å². The molecule has 2 aromatic rings. The minimum absolute atomic E-state index is 0.328. The van der Waals surface area contributed by atoms with Crippen LogP contribution >= 0.6 is 0 Å². The van der Waals surface area contributed by atoms with Gasteiger partial charge in [0.25, 0.3) is 0 Å². The van der Waals surface area contributed by atoms with Crippen molar-refractivity contribution in [2.24, 2.45) is 7.05 Å². The highest BCUT2D eigenvalue weighted by atomic mass is 16.7. The molecule has 1 fully saturated rings. The van der Waals surface area contributed by atoms with Crippen LogP contribution in [0.15, 0.2) is 24.3 Å². The van der Waals surface area contributed by atoms with Crippen LogP contribution in [0, 0.1) is 0 Å². The van der Waals surface area contributed by atoms with E-state index in [4.69, 9.17) is 14.0 Å². The van der Waals surface area contributed by atoms with Crippen molar-refractivity contribution in [2.75, 3.05) is 7.11 Å². The van der Waals surface area contributed by atoms with Crippen LogP contribution in [-0.4, -0.2) is 30.0 Å². The third-order valence-corrected chi connectivity index (χ3v) is 4.78. The summed E-state index contributed by atoms with van der Waals surface area (Å²) >= 11 is 0. The highest BCUT2D eigenvalue weighted by molar-refractivity contribution is 6.61. The van der Waals surface area contributed by atoms with Crippen LogP contribution in [-0.2, 0) is 16.4 Å². The average molecular weight is 287 g/mol. The molecule has 3 rings (SSSR count). The molecule has 0 aliphatic carbocycles. The van der Waals surface area contributed by atoms with E-state index in [0.717, 1.165) is 22.2 Å². The predicted molar refractivity (Wildman–Crippen MR) is 85.2 cm³/mol. The number of aryl methyl sites for hydroxylation is 1. The third-order valence-electron chi connectivity index (χ3n) is 4.78. The standard InChI is InChI=1S/C16H22BNO3/c1-15(2)16(3,4)21-17(20-15)14-9-11-7-8-12(19-6)10-13(11)18(14)5/h7-10H,1-6H3. The molecule has 0 bridgehead atoms. The summed E-state index contributed by atoms with van der Waals surface area (Å²) < 4.78 is 19.7. The second-order valence-corrected chi connectivity index (χ2v) is 6.64. The monoisotopic (exact) mass is 287 g/mol. The quantitative estimate of drug-likeness (QED) is 0.795. The van der Waals surface area contributed by atoms with Crippen LogP contribution in [0.5, 0.6) is 5.75 Å². The molecule has 1 aliphatic heterocycles. The molecule has 21 heavy (non-hydrogen) atoms. The zero-order chi connectivity index (χ0) is 15.4. The van der Waals surface area contributed by atoms with E-state index in [0.29, 0.717) is 0 Å². The number of nitrogens with zero attached hydrogens (tertiary/aromatic N) is 1. The highest BCUT2D eigenvalue weighted by Crippen LogP contribution is 2.36. The van der Waals surface area contributed by atoms with Crippen LogP contribution in [0.3, 0.4) is 0 Å². The summed E-state index contributed by atoms with van der Waals surface area (Å²) in [7, 11) is 3.36. The fraction of sp³-hybridized carbons (Fsp3) is 0.500. The summed E-state index contributed by atoms with van der Waals surface area (Å²) in [5.74, 6) is 0.851. The number of fused-ring (bicyclic) bond motifs is 1. The fourth-order valence-electron chi connectivity index (χ4n) is 2.65. The number of rotatable bonds is 2. The van der Waals surface area contributed by atoms with Gasteiger partial charge in [0.2, 0.25) is 0 Å². The zero-order valence-electron chi connectivity index (χ0n) is 13.6. The van der Waals surface area contributed by atoms with Crippen molar-refractivity contribution in [1.29, 1.82) is 0 Å². The van der Waals surface area contributed by atoms with Crippen molar-refractivity contribution in [3.63, 3.8) is 0 Å². The maximum atomic E-state index is 6.14. The number of ether oxygens (including phenoxy) is 1. The first-order valence-corrected chi connectivity index (χ1v) is 7.24. The van der Waals surface area contributed by atoms with Crippen molar-refractivity contribution >= 4 is 23.6 Å². The van der Waals surface area contributed by atoms with Gasteiger partial charge >= 0.3 is 7.12 Å². The molecule has 0 radical (unpaired) electrons. The van der Waals surface area contributed by atoms with Crippen LogP contribution in [0.1, 0.15) is 27.7 Å². The van der Waals surface area contributed by atoms with E-state index >= 15 is 0 Å². The first-order valence-electron chi connectivity index (χ1n) is 7.24. The summed E-state index contributed by atoms with van der Waals surface area (Å²) in [6.45, 7) is 8.27. The lowest BCUT2D eigenvalue weighted by molar-refractivity contribution is 0.00578. The average Bonchev–Trinajstić information content (AvgIpc) is 2.84. The van der Waals surface area contributed by atoms with Crippen LogP contribution in [0.25, 0.3) is 10.9 Å². The Morgan fingerprint density at radius 3 is 2.24 bits per heavy atom. The Labute approximate surface area is 126 Å². The first-order chi connectivity index (χ1) is 9.75. The molecule has 0 saturated carbocycles. The van der Waals surface area contributed by atoms with Gasteiger partial charge in [0, 0.05) is 18.7 Å². The molecule has 1 aliphatic rings. The predicted octanol–water partition coefficient (Wildman–Crippen LogP) is 2.49. The Kier molecular flexibility index (Phi) is 3.12. The number of hydrogen-bond acceptors (Lipinski definition) is 3. The van der Waals surface area contributed by atoms with E-state index in [-0.39, 0.29) is 18.3 Å². The second-order valence-electron chi connectivity index (χ2n) is 6.64. The lowest BCUT2D eigenvalue weighted by Gasteiger charge is -2.32. The van der Waals surface area contributed by atoms with E-state index in [2.05, 4.69) is 44.4 Å². The van der Waals surface area contributed by atoms with Gasteiger partial charge in [-0.2, -0.15) is 0 Å². The largest absolute Gasteiger partial charge is 0.512 e. The van der Waals surface area contributed by atoms with E-state index < -0.39 is 0 Å². The summed E-state index contributed by atoms with van der Waals surface area (Å²) in [6.07, 6.45) is 0. The van der Waals surface area contributed by atoms with Gasteiger partial charge in [-0.15, -0.1) is 0 Å². The maximum absolute atomic E-state index is 6.14. The zero-order valence-corrected chi connectivity index (χ0v) is 13.6. The van der Waals surface area contributed by atoms with Crippen molar-refractivity contribution < 1.29 is 14.0 Å². The Bertz CT molecular complexity index is 674. The van der Waals surface area contributed by atoms with Gasteiger partial charge < -0.3 is 18.6 Å². The Morgan fingerprint density at radius 2 is 1.67 bits per heavy atom. The highest BCUT2D eigenvalue weighted by Gasteiger charge is 2.52. The van der Waals surface area contributed by atoms with E-state index in [1.54, 1.807) is 7.11 Å². The molecule has 0 spiro atoms. The molecule has 4 nitrogen and oxygen atoms in total. The minimum atomic E-state index is -0.349. The van der Waals surface area contributed by atoms with E-state index in [9.17, 15) is 0 Å². The summed E-state index contributed by atoms with van der Waals surface area (Å²) in [5, 5.41) is 1.16. The molecule has 0 unspecified atom stereocenters. The van der Waals surface area contributed by atoms with Crippen molar-refractivity contribution in [3.8, 4) is 5.75 Å². The fourth-order valence-corrected chi connectivity index (χ4v) is 2.65. The van der Waals surface area contributed by atoms with Crippen LogP contribution in [0.4, 0.5) is 0 Å². The summed E-state index contributed by atoms with van der Waals surface area (Å²) in [4.78, 5) is 0. The molecule has 5 heteroatoms. The molecule has 1 saturated heterocycles. The second kappa shape index (κ2) is 4.52. The lowest BCUT2D eigenvalue weighted by atomic mass is 9.84. The van der Waals surface area contributed by atoms with Gasteiger partial charge in [-0.1, -0.05) is 0 Å². The summed E-state index contributed by atoms with van der Waals surface area (Å²) in [6, 6.07) is 8.18. The molecule has 1 aromatic carbocycles. The molecule has 1 aromatic heterocycles. The Morgan fingerprint density at radius 1 is 1.05 bits per heavy atom. The first kappa shape index (κ1) is 14.5. The lowest BCUT2D eigenvalue weighted by Crippen LogP contribution is -2.41. The van der Waals surface area contributed by atoms with Gasteiger partial charge in [-0.05, 0) is 51.3 Å². The van der Waals surface area contributed by atoms with Crippen molar-refractivity contribution in [1.82, 2.24) is 4.57 Å². The minimum Gasteiger partial charge on any atom is -0.497 e. The van der Waals surface area contributed by atoms with Gasteiger partial charge in [0.15, 0.2) is 0 Å². The topological polar surface area (TPSA) is 32.6 Å². The third kappa shape index (κ3) is 2.15. The molecule has 0 atom stereocenters. The smallest absolute Gasteiger partial charge is 0.497 e. The number of aromatic nitrogens is 1.